The van der Waals surface area contributed by atoms with Gasteiger partial charge in [0.2, 0.25) is 5.78 Å². The number of hydrogen-bond acceptors (Lipinski definition) is 8. The molecule has 162 valence electrons. The van der Waals surface area contributed by atoms with Gasteiger partial charge in [-0.3, -0.25) is 19.3 Å². The highest BCUT2D eigenvalue weighted by Gasteiger charge is 2.62. The second-order valence-electron chi connectivity index (χ2n) is 8.29. The van der Waals surface area contributed by atoms with Crippen molar-refractivity contribution in [1.82, 2.24) is 4.90 Å². The lowest BCUT2D eigenvalue weighted by Gasteiger charge is -2.47. The van der Waals surface area contributed by atoms with Crippen LogP contribution in [0.4, 0.5) is 0 Å². The molecule has 2 aromatic rings. The fourth-order valence-electron chi connectivity index (χ4n) is 5.04. The smallest absolute Gasteiger partial charge is 0.255 e. The Morgan fingerprint density at radius 1 is 1.19 bits per heavy atom. The van der Waals surface area contributed by atoms with Gasteiger partial charge in [0.25, 0.3) is 5.91 Å². The van der Waals surface area contributed by atoms with E-state index < -0.39 is 52.1 Å². The number of likely N-dealkylation sites (N-methyl/N-ethyl adjacent to an activating group) is 1. The van der Waals surface area contributed by atoms with E-state index in [4.69, 9.17) is 5.73 Å². The molecule has 0 radical (unpaired) electrons. The topological polar surface area (TPSA) is 161 Å². The summed E-state index contributed by atoms with van der Waals surface area (Å²) in [5.41, 5.74) is 2.50. The van der Waals surface area contributed by atoms with E-state index in [1.165, 1.54) is 11.0 Å². The Kier molecular flexibility index (Phi) is 4.39. The maximum atomic E-state index is 13.6. The predicted octanol–water partition coefficient (Wildman–Crippen LogP) is 0.456. The normalized spacial score (nSPS) is 25.7. The van der Waals surface area contributed by atoms with Crippen molar-refractivity contribution in [2.24, 2.45) is 11.7 Å². The third-order valence-electron chi connectivity index (χ3n) is 6.51. The number of aliphatic hydroxyl groups excluding tert-OH is 1. The number of carbonyl (C=O) groups excluding carboxylic acids is 3. The summed E-state index contributed by atoms with van der Waals surface area (Å²) >= 11 is 0. The van der Waals surface area contributed by atoms with E-state index in [0.717, 1.165) is 0 Å². The van der Waals surface area contributed by atoms with Gasteiger partial charge < -0.3 is 26.2 Å². The van der Waals surface area contributed by atoms with Crippen LogP contribution in [0, 0.1) is 12.8 Å². The zero-order chi connectivity index (χ0) is 23.0. The molecule has 0 bridgehead atoms. The summed E-state index contributed by atoms with van der Waals surface area (Å²) in [5, 5.41) is 43.9. The summed E-state index contributed by atoms with van der Waals surface area (Å²) in [4.78, 5) is 39.9. The second kappa shape index (κ2) is 6.53. The molecule has 0 saturated carbocycles. The summed E-state index contributed by atoms with van der Waals surface area (Å²) < 4.78 is 0. The second-order valence-corrected chi connectivity index (χ2v) is 8.29. The number of primary amides is 1. The average molecular weight is 426 g/mol. The summed E-state index contributed by atoms with van der Waals surface area (Å²) in [6.07, 6.45) is -0.0484. The van der Waals surface area contributed by atoms with Crippen LogP contribution in [0.1, 0.15) is 21.5 Å². The number of nitrogens with two attached hydrogens (primary N) is 1. The Morgan fingerprint density at radius 3 is 2.42 bits per heavy atom. The number of ketones is 2. The molecule has 1 unspecified atom stereocenters. The Labute approximate surface area is 177 Å². The monoisotopic (exact) mass is 426 g/mol. The lowest BCUT2D eigenvalue weighted by molar-refractivity contribution is -0.132. The predicted molar refractivity (Wildman–Crippen MR) is 110 cm³/mol. The van der Waals surface area contributed by atoms with Gasteiger partial charge in [-0.1, -0.05) is 12.1 Å². The first-order valence-electron chi connectivity index (χ1n) is 9.61. The number of phenols is 2. The Morgan fingerprint density at radius 2 is 1.84 bits per heavy atom. The molecule has 4 rings (SSSR count). The van der Waals surface area contributed by atoms with Crippen molar-refractivity contribution in [1.29, 1.82) is 0 Å². The molecule has 0 fully saturated rings. The Balaban J connectivity index is 2.11. The highest BCUT2D eigenvalue weighted by atomic mass is 16.3. The van der Waals surface area contributed by atoms with Gasteiger partial charge in [0, 0.05) is 5.92 Å². The summed E-state index contributed by atoms with van der Waals surface area (Å²) in [6.45, 7) is 1.71. The molecule has 2 aliphatic carbocycles. The van der Waals surface area contributed by atoms with Gasteiger partial charge >= 0.3 is 0 Å². The molecule has 3 atom stereocenters. The van der Waals surface area contributed by atoms with Crippen LogP contribution in [0.3, 0.4) is 0 Å². The third kappa shape index (κ3) is 2.47. The van der Waals surface area contributed by atoms with Crippen LogP contribution in [0.2, 0.25) is 0 Å². The molecule has 9 heteroatoms. The first-order valence-corrected chi connectivity index (χ1v) is 9.61. The fourth-order valence-corrected chi connectivity index (χ4v) is 5.04. The minimum absolute atomic E-state index is 0.0313. The Bertz CT molecular complexity index is 1230. The van der Waals surface area contributed by atoms with Gasteiger partial charge in [0.15, 0.2) is 11.4 Å². The van der Waals surface area contributed by atoms with Crippen molar-refractivity contribution < 1.29 is 34.8 Å². The number of Topliss-reactive ketones (excluding diaryl/α,β-unsaturated/α-hetero) is 2. The quantitative estimate of drug-likeness (QED) is 0.433. The number of nitrogens with zero attached hydrogens (tertiary/aromatic N) is 1. The largest absolute Gasteiger partial charge is 0.508 e. The molecule has 0 saturated heterocycles. The summed E-state index contributed by atoms with van der Waals surface area (Å²) in [5.74, 6) is -6.18. The molecule has 31 heavy (non-hydrogen) atoms. The third-order valence-corrected chi connectivity index (χ3v) is 6.51. The average Bonchev–Trinajstić information content (AvgIpc) is 2.68. The number of aliphatic hydroxyl groups is 2. The van der Waals surface area contributed by atoms with E-state index in [9.17, 15) is 34.8 Å². The molecule has 0 spiro atoms. The molecule has 9 nitrogen and oxygen atoms in total. The van der Waals surface area contributed by atoms with Crippen LogP contribution in [0.15, 0.2) is 29.5 Å². The van der Waals surface area contributed by atoms with Gasteiger partial charge in [0.05, 0.1) is 17.0 Å². The van der Waals surface area contributed by atoms with Gasteiger partial charge in [-0.05, 0) is 50.0 Å². The van der Waals surface area contributed by atoms with E-state index >= 15 is 0 Å². The first-order chi connectivity index (χ1) is 14.4. The maximum absolute atomic E-state index is 13.6. The van der Waals surface area contributed by atoms with Crippen molar-refractivity contribution >= 4 is 28.2 Å². The zero-order valence-electron chi connectivity index (χ0n) is 17.1. The van der Waals surface area contributed by atoms with Crippen molar-refractivity contribution in [3.63, 3.8) is 0 Å². The SMILES string of the molecule is Cc1c2c(c(O)c3c(O)cccc13)C(=O)C1(O)C(O)=C(C(N)=O)C(=O)[C@H](N(C)C)[C@H]1C2. The lowest BCUT2D eigenvalue weighted by atomic mass is 9.61. The number of benzene rings is 2. The van der Waals surface area contributed by atoms with E-state index in [1.54, 1.807) is 33.2 Å². The summed E-state index contributed by atoms with van der Waals surface area (Å²) in [7, 11) is 3.10. The van der Waals surface area contributed by atoms with E-state index in [0.29, 0.717) is 16.5 Å². The van der Waals surface area contributed by atoms with Crippen LogP contribution in [-0.2, 0) is 16.0 Å². The maximum Gasteiger partial charge on any atom is 0.255 e. The number of hydrogen-bond donors (Lipinski definition) is 5. The van der Waals surface area contributed by atoms with Crippen LogP contribution < -0.4 is 5.73 Å². The first kappa shape index (κ1) is 20.8. The van der Waals surface area contributed by atoms with Gasteiger partial charge in [0.1, 0.15) is 22.8 Å². The van der Waals surface area contributed by atoms with Gasteiger partial charge in [-0.2, -0.15) is 0 Å². The van der Waals surface area contributed by atoms with E-state index in [2.05, 4.69) is 0 Å². The van der Waals surface area contributed by atoms with Gasteiger partial charge in [-0.25, -0.2) is 0 Å². The highest BCUT2D eigenvalue weighted by molar-refractivity contribution is 6.25. The van der Waals surface area contributed by atoms with E-state index in [1.807, 2.05) is 0 Å². The molecular formula is C22H22N2O7. The molecule has 2 aliphatic rings. The number of amides is 1. The number of rotatable bonds is 2. The molecule has 6 N–H and O–H groups in total. The van der Waals surface area contributed by atoms with Crippen LogP contribution in [-0.4, -0.2) is 68.5 Å². The van der Waals surface area contributed by atoms with Crippen LogP contribution in [0.25, 0.3) is 10.8 Å². The Hall–Kier alpha value is -3.43. The number of carbonyl (C=O) groups is 3. The number of phenolic OH excluding ortho intramolecular Hbond substituents is 2. The van der Waals surface area contributed by atoms with Crippen LogP contribution >= 0.6 is 0 Å². The summed E-state index contributed by atoms with van der Waals surface area (Å²) in [6, 6.07) is 3.50. The number of aryl methyl sites for hydroxylation is 1. The highest BCUT2D eigenvalue weighted by Crippen LogP contribution is 2.50. The molecular weight excluding hydrogens is 404 g/mol. The van der Waals surface area contributed by atoms with Crippen LogP contribution in [0.5, 0.6) is 11.5 Å². The molecule has 0 heterocycles. The molecule has 0 aromatic heterocycles. The fraction of sp³-hybridized carbons (Fsp3) is 0.318. The molecule has 0 aliphatic heterocycles. The van der Waals surface area contributed by atoms with E-state index in [-0.39, 0.29) is 23.1 Å². The molecule has 2 aromatic carbocycles. The lowest BCUT2D eigenvalue weighted by Crippen LogP contribution is -2.64. The number of aromatic hydroxyl groups is 2. The zero-order valence-corrected chi connectivity index (χ0v) is 17.1. The minimum atomic E-state index is -2.65. The van der Waals surface area contributed by atoms with Crippen molar-refractivity contribution in [3.8, 4) is 11.5 Å². The minimum Gasteiger partial charge on any atom is -0.508 e. The van der Waals surface area contributed by atoms with Crippen molar-refractivity contribution in [2.45, 2.75) is 25.0 Å². The number of fused-ring (bicyclic) bond motifs is 3. The van der Waals surface area contributed by atoms with Gasteiger partial charge in [-0.15, -0.1) is 0 Å². The van der Waals surface area contributed by atoms with Crippen molar-refractivity contribution in [3.05, 3.63) is 46.2 Å². The standard InChI is InChI=1S/C22H22N2O7/c1-8-9-5-4-6-12(25)13(9)17(26)14-10(8)7-11-16(24(2)3)18(27)15(21(23)30)20(29)22(11,31)19(14)28/h4-6,11,16,25-26,29,31H,7H2,1-3H3,(H2,23,30)/t11-,16-,22?/m1/s1. The molecule has 1 amide bonds. The van der Waals surface area contributed by atoms with Crippen molar-refractivity contribution in [2.75, 3.05) is 14.1 Å².